The smallest absolute Gasteiger partial charge is 0.0187 e. The highest BCUT2D eigenvalue weighted by Gasteiger charge is 2.56. The van der Waals surface area contributed by atoms with E-state index in [9.17, 15) is 0 Å². The van der Waals surface area contributed by atoms with Gasteiger partial charge in [0, 0.05) is 11.8 Å². The molecular weight excluding hydrogens is 264 g/mol. The van der Waals surface area contributed by atoms with E-state index in [1.807, 2.05) is 0 Å². The fourth-order valence-electron chi connectivity index (χ4n) is 4.64. The summed E-state index contributed by atoms with van der Waals surface area (Å²) in [5.74, 6) is 4.40. The quantitative estimate of drug-likeness (QED) is 0.643. The SMILES string of the molecule is CC1(C)[C](c2ccccc2)C2C=CCC2[C]1c1ccccc1. The molecule has 2 aliphatic rings. The maximum atomic E-state index is 2.44. The maximum Gasteiger partial charge on any atom is 0.0187 e. The summed E-state index contributed by atoms with van der Waals surface area (Å²) in [6.45, 7) is 4.81. The van der Waals surface area contributed by atoms with Crippen molar-refractivity contribution in [1.82, 2.24) is 0 Å². The summed E-state index contributed by atoms with van der Waals surface area (Å²) in [4.78, 5) is 0. The molecule has 0 bridgehead atoms. The van der Waals surface area contributed by atoms with Crippen LogP contribution >= 0.6 is 0 Å². The van der Waals surface area contributed by atoms with Gasteiger partial charge in [0.25, 0.3) is 0 Å². The van der Waals surface area contributed by atoms with E-state index in [-0.39, 0.29) is 5.41 Å². The molecule has 2 unspecified atom stereocenters. The number of hydrogen-bond acceptors (Lipinski definition) is 0. The third-order valence-electron chi connectivity index (χ3n) is 5.39. The number of benzene rings is 2. The molecule has 1 saturated carbocycles. The summed E-state index contributed by atoms with van der Waals surface area (Å²) in [6, 6.07) is 22.0. The van der Waals surface area contributed by atoms with Crippen molar-refractivity contribution >= 4 is 0 Å². The standard InChI is InChI=1S/C22H22/c1-22(2)20(16-10-5-3-6-11-16)18-14-9-15-19(18)21(22)17-12-7-4-8-13-17/h3-14,18-19H,15H2,1-2H3. The van der Waals surface area contributed by atoms with E-state index in [4.69, 9.17) is 0 Å². The van der Waals surface area contributed by atoms with E-state index in [2.05, 4.69) is 86.7 Å². The van der Waals surface area contributed by atoms with Crippen molar-refractivity contribution in [2.24, 2.45) is 17.3 Å². The summed E-state index contributed by atoms with van der Waals surface area (Å²) >= 11 is 0. The highest BCUT2D eigenvalue weighted by atomic mass is 14.6. The van der Waals surface area contributed by atoms with Crippen molar-refractivity contribution in [3.05, 3.63) is 95.8 Å². The van der Waals surface area contributed by atoms with Gasteiger partial charge in [0.1, 0.15) is 0 Å². The summed E-state index contributed by atoms with van der Waals surface area (Å²) in [6.07, 6.45) is 5.98. The molecule has 0 aromatic heterocycles. The Kier molecular flexibility index (Phi) is 3.22. The highest BCUT2D eigenvalue weighted by Crippen LogP contribution is 2.64. The Bertz CT molecular complexity index is 666. The number of hydrogen-bond donors (Lipinski definition) is 0. The molecule has 0 nitrogen and oxygen atoms in total. The van der Waals surface area contributed by atoms with Crippen LogP contribution in [0.3, 0.4) is 0 Å². The molecule has 0 saturated heterocycles. The van der Waals surface area contributed by atoms with Crippen molar-refractivity contribution in [2.45, 2.75) is 20.3 Å². The van der Waals surface area contributed by atoms with Gasteiger partial charge in [0.05, 0.1) is 0 Å². The minimum atomic E-state index is 0.114. The van der Waals surface area contributed by atoms with Gasteiger partial charge in [-0.25, -0.2) is 0 Å². The topological polar surface area (TPSA) is 0 Å². The zero-order valence-corrected chi connectivity index (χ0v) is 13.3. The Morgan fingerprint density at radius 1 is 0.773 bits per heavy atom. The Labute approximate surface area is 133 Å². The average Bonchev–Trinajstić information content (AvgIpc) is 3.05. The Balaban J connectivity index is 1.82. The first-order valence-electron chi connectivity index (χ1n) is 8.22. The average molecular weight is 286 g/mol. The first-order valence-corrected chi connectivity index (χ1v) is 8.22. The Hall–Kier alpha value is -1.82. The van der Waals surface area contributed by atoms with Crippen LogP contribution in [-0.4, -0.2) is 0 Å². The fourth-order valence-corrected chi connectivity index (χ4v) is 4.64. The predicted molar refractivity (Wildman–Crippen MR) is 92.1 cm³/mol. The van der Waals surface area contributed by atoms with Crippen LogP contribution in [0.25, 0.3) is 0 Å². The molecule has 0 amide bonds. The van der Waals surface area contributed by atoms with E-state index in [1.165, 1.54) is 17.5 Å². The van der Waals surface area contributed by atoms with Gasteiger partial charge in [-0.15, -0.1) is 0 Å². The van der Waals surface area contributed by atoms with Crippen LogP contribution in [0.15, 0.2) is 72.8 Å². The van der Waals surface area contributed by atoms with E-state index in [0.29, 0.717) is 11.8 Å². The highest BCUT2D eigenvalue weighted by molar-refractivity contribution is 5.54. The normalized spacial score (nSPS) is 27.2. The minimum Gasteiger partial charge on any atom is -0.0879 e. The molecule has 0 spiro atoms. The van der Waals surface area contributed by atoms with E-state index in [1.54, 1.807) is 11.8 Å². The second-order valence-electron chi connectivity index (χ2n) is 6.98. The molecule has 2 atom stereocenters. The number of allylic oxidation sites excluding steroid dienone is 2. The van der Waals surface area contributed by atoms with Gasteiger partial charge in [-0.3, -0.25) is 0 Å². The van der Waals surface area contributed by atoms with Gasteiger partial charge in [0.15, 0.2) is 0 Å². The molecule has 1 fully saturated rings. The number of rotatable bonds is 2. The lowest BCUT2D eigenvalue weighted by Crippen LogP contribution is -2.26. The molecule has 2 aliphatic carbocycles. The summed E-state index contributed by atoms with van der Waals surface area (Å²) in [5, 5.41) is 0. The zero-order valence-electron chi connectivity index (χ0n) is 13.3. The number of fused-ring (bicyclic) bond motifs is 1. The molecule has 0 heteroatoms. The van der Waals surface area contributed by atoms with Crippen molar-refractivity contribution in [3.63, 3.8) is 0 Å². The van der Waals surface area contributed by atoms with Crippen molar-refractivity contribution in [2.75, 3.05) is 0 Å². The lowest BCUT2D eigenvalue weighted by atomic mass is 9.68. The molecule has 0 aliphatic heterocycles. The van der Waals surface area contributed by atoms with Gasteiger partial charge < -0.3 is 0 Å². The van der Waals surface area contributed by atoms with Crippen LogP contribution in [0.2, 0.25) is 0 Å². The van der Waals surface area contributed by atoms with Gasteiger partial charge >= 0.3 is 0 Å². The molecule has 22 heavy (non-hydrogen) atoms. The van der Waals surface area contributed by atoms with Gasteiger partial charge in [-0.05, 0) is 34.8 Å². The summed E-state index contributed by atoms with van der Waals surface area (Å²) < 4.78 is 0. The van der Waals surface area contributed by atoms with Crippen LogP contribution < -0.4 is 0 Å². The predicted octanol–water partition coefficient (Wildman–Crippen LogP) is 5.46. The second kappa shape index (κ2) is 5.12. The van der Waals surface area contributed by atoms with Crippen LogP contribution in [0.4, 0.5) is 0 Å². The van der Waals surface area contributed by atoms with Gasteiger partial charge in [0.2, 0.25) is 0 Å². The lowest BCUT2D eigenvalue weighted by molar-refractivity contribution is 0.451. The van der Waals surface area contributed by atoms with Gasteiger partial charge in [-0.2, -0.15) is 0 Å². The maximum absolute atomic E-state index is 2.44. The second-order valence-corrected chi connectivity index (χ2v) is 6.98. The summed E-state index contributed by atoms with van der Waals surface area (Å²) in [7, 11) is 0. The van der Waals surface area contributed by atoms with Crippen molar-refractivity contribution < 1.29 is 0 Å². The van der Waals surface area contributed by atoms with Gasteiger partial charge in [-0.1, -0.05) is 86.7 Å². The molecule has 2 aromatic rings. The van der Waals surface area contributed by atoms with Crippen LogP contribution in [0.5, 0.6) is 0 Å². The van der Waals surface area contributed by atoms with Crippen LogP contribution in [-0.2, 0) is 0 Å². The van der Waals surface area contributed by atoms with E-state index >= 15 is 0 Å². The molecule has 2 aromatic carbocycles. The molecule has 110 valence electrons. The molecule has 0 N–H and O–H groups in total. The third kappa shape index (κ3) is 1.97. The third-order valence-corrected chi connectivity index (χ3v) is 5.39. The van der Waals surface area contributed by atoms with E-state index < -0.39 is 0 Å². The monoisotopic (exact) mass is 286 g/mol. The van der Waals surface area contributed by atoms with Crippen molar-refractivity contribution in [3.8, 4) is 0 Å². The Morgan fingerprint density at radius 2 is 1.32 bits per heavy atom. The van der Waals surface area contributed by atoms with E-state index in [0.717, 1.165) is 0 Å². The lowest BCUT2D eigenvalue weighted by Gasteiger charge is -2.34. The first kappa shape index (κ1) is 13.8. The largest absolute Gasteiger partial charge is 0.0879 e. The molecule has 4 rings (SSSR count). The molecular formula is C22H22. The fraction of sp³-hybridized carbons (Fsp3) is 0.273. The molecule has 0 heterocycles. The first-order chi connectivity index (χ1) is 10.7. The summed E-state index contributed by atoms with van der Waals surface area (Å²) in [5.41, 5.74) is 2.93. The van der Waals surface area contributed by atoms with Crippen LogP contribution in [0.1, 0.15) is 31.4 Å². The van der Waals surface area contributed by atoms with Crippen molar-refractivity contribution in [1.29, 1.82) is 0 Å². The zero-order chi connectivity index (χ0) is 15.2. The van der Waals surface area contributed by atoms with Crippen LogP contribution in [0, 0.1) is 29.1 Å². The Morgan fingerprint density at radius 3 is 1.91 bits per heavy atom. The minimum absolute atomic E-state index is 0.114. The molecule has 2 radical (unpaired) electrons.